The number of fused-ring (bicyclic) bond motifs is 1. The molecule has 21 heavy (non-hydrogen) atoms. The van der Waals surface area contributed by atoms with Crippen molar-refractivity contribution in [2.45, 2.75) is 58.0 Å². The molecule has 0 bridgehead atoms. The molecule has 3 rings (SSSR count). The first kappa shape index (κ1) is 15.3. The molecule has 1 atom stereocenters. The van der Waals surface area contributed by atoms with Crippen LogP contribution in [-0.4, -0.2) is 6.04 Å². The first-order valence-corrected chi connectivity index (χ1v) is 9.34. The predicted octanol–water partition coefficient (Wildman–Crippen LogP) is 6.00. The molecule has 1 aromatic heterocycles. The Morgan fingerprint density at radius 3 is 2.62 bits per heavy atom. The molecule has 0 radical (unpaired) electrons. The molecule has 1 N–H and O–H groups in total. The number of nitrogens with one attached hydrogen (secondary N) is 1. The first-order chi connectivity index (χ1) is 10.3. The Hall–Kier alpha value is -0.570. The maximum absolute atomic E-state index is 6.52. The summed E-state index contributed by atoms with van der Waals surface area (Å²) < 4.78 is 1.29. The Morgan fingerprint density at radius 1 is 1.19 bits per heavy atom. The van der Waals surface area contributed by atoms with Crippen LogP contribution in [0.25, 0.3) is 10.1 Å². The van der Waals surface area contributed by atoms with Crippen molar-refractivity contribution < 1.29 is 0 Å². The maximum Gasteiger partial charge on any atom is 0.0636 e. The molecule has 114 valence electrons. The van der Waals surface area contributed by atoms with Crippen LogP contribution in [0.1, 0.15) is 50.3 Å². The highest BCUT2D eigenvalue weighted by Gasteiger charge is 2.19. The van der Waals surface area contributed by atoms with Gasteiger partial charge < -0.3 is 5.32 Å². The quantitative estimate of drug-likeness (QED) is 0.681. The summed E-state index contributed by atoms with van der Waals surface area (Å²) in [5.41, 5.74) is 0. The van der Waals surface area contributed by atoms with Crippen molar-refractivity contribution in [2.24, 2.45) is 5.92 Å². The second-order valence-corrected chi connectivity index (χ2v) is 7.77. The Kier molecular flexibility index (Phi) is 5.20. The molecule has 0 spiro atoms. The third-order valence-corrected chi connectivity index (χ3v) is 6.51. The molecule has 3 heteroatoms. The van der Waals surface area contributed by atoms with E-state index in [1.54, 1.807) is 0 Å². The minimum atomic E-state index is 0.587. The van der Waals surface area contributed by atoms with Crippen LogP contribution in [0.15, 0.2) is 24.3 Å². The van der Waals surface area contributed by atoms with Gasteiger partial charge in [0.2, 0.25) is 0 Å². The van der Waals surface area contributed by atoms with Crippen LogP contribution in [0.3, 0.4) is 0 Å². The smallest absolute Gasteiger partial charge is 0.0636 e. The van der Waals surface area contributed by atoms with Gasteiger partial charge in [-0.2, -0.15) is 0 Å². The van der Waals surface area contributed by atoms with Crippen LogP contribution in [0.2, 0.25) is 5.02 Å². The minimum Gasteiger partial charge on any atom is -0.309 e. The standard InChI is InChI=1S/C18H24ClNS/c1-13(14-8-4-2-3-5-9-14)20-12-17-18(19)15-10-6-7-11-16(15)21-17/h6-7,10-11,13-14,20H,2-5,8-9,12H2,1H3/t13-/m0/s1. The van der Waals surface area contributed by atoms with Crippen LogP contribution in [0.4, 0.5) is 0 Å². The zero-order chi connectivity index (χ0) is 14.7. The average Bonchev–Trinajstić information content (AvgIpc) is 2.71. The third kappa shape index (κ3) is 3.61. The lowest BCUT2D eigenvalue weighted by Crippen LogP contribution is -2.32. The molecule has 1 aromatic carbocycles. The Balaban J connectivity index is 1.64. The first-order valence-electron chi connectivity index (χ1n) is 8.15. The molecular formula is C18H24ClNS. The highest BCUT2D eigenvalue weighted by atomic mass is 35.5. The second-order valence-electron chi connectivity index (χ2n) is 6.26. The van der Waals surface area contributed by atoms with E-state index < -0.39 is 0 Å². The maximum atomic E-state index is 6.52. The van der Waals surface area contributed by atoms with E-state index in [0.717, 1.165) is 17.5 Å². The third-order valence-electron chi connectivity index (χ3n) is 4.79. The van der Waals surface area contributed by atoms with Crippen molar-refractivity contribution >= 4 is 33.0 Å². The molecule has 0 aliphatic heterocycles. The lowest BCUT2D eigenvalue weighted by atomic mass is 9.93. The highest BCUT2D eigenvalue weighted by molar-refractivity contribution is 7.19. The van der Waals surface area contributed by atoms with Gasteiger partial charge in [0.05, 0.1) is 5.02 Å². The lowest BCUT2D eigenvalue weighted by molar-refractivity contribution is 0.337. The van der Waals surface area contributed by atoms with Gasteiger partial charge >= 0.3 is 0 Å². The van der Waals surface area contributed by atoms with Crippen molar-refractivity contribution in [3.05, 3.63) is 34.2 Å². The lowest BCUT2D eigenvalue weighted by Gasteiger charge is -2.23. The molecule has 1 fully saturated rings. The van der Waals surface area contributed by atoms with Crippen molar-refractivity contribution in [2.75, 3.05) is 0 Å². The van der Waals surface area contributed by atoms with E-state index in [2.05, 4.69) is 36.5 Å². The Bertz CT molecular complexity index is 584. The van der Waals surface area contributed by atoms with Gasteiger partial charge in [0.15, 0.2) is 0 Å². The molecular weight excluding hydrogens is 298 g/mol. The van der Waals surface area contributed by atoms with Crippen LogP contribution in [0, 0.1) is 5.92 Å². The fourth-order valence-corrected chi connectivity index (χ4v) is 4.86. The number of hydrogen-bond acceptors (Lipinski definition) is 2. The topological polar surface area (TPSA) is 12.0 Å². The molecule has 0 saturated heterocycles. The fourth-order valence-electron chi connectivity index (χ4n) is 3.41. The minimum absolute atomic E-state index is 0.587. The van der Waals surface area contributed by atoms with Crippen molar-refractivity contribution in [1.82, 2.24) is 5.32 Å². The van der Waals surface area contributed by atoms with E-state index in [1.165, 1.54) is 53.5 Å². The van der Waals surface area contributed by atoms with E-state index in [9.17, 15) is 0 Å². The molecule has 1 nitrogen and oxygen atoms in total. The van der Waals surface area contributed by atoms with E-state index in [1.807, 2.05) is 11.3 Å². The largest absolute Gasteiger partial charge is 0.309 e. The van der Waals surface area contributed by atoms with Gasteiger partial charge in [-0.15, -0.1) is 11.3 Å². The SMILES string of the molecule is C[C@H](NCc1sc2ccccc2c1Cl)C1CCCCCC1. The van der Waals surface area contributed by atoms with Gasteiger partial charge in [-0.05, 0) is 31.7 Å². The monoisotopic (exact) mass is 321 g/mol. The number of rotatable bonds is 4. The summed E-state index contributed by atoms with van der Waals surface area (Å²) in [5, 5.41) is 5.86. The van der Waals surface area contributed by atoms with Gasteiger partial charge in [0, 0.05) is 27.5 Å². The molecule has 1 heterocycles. The van der Waals surface area contributed by atoms with Gasteiger partial charge in [-0.3, -0.25) is 0 Å². The number of halogens is 1. The molecule has 2 aromatic rings. The summed E-state index contributed by atoms with van der Waals surface area (Å²) in [5.74, 6) is 0.834. The average molecular weight is 322 g/mol. The van der Waals surface area contributed by atoms with Gasteiger partial charge in [-0.25, -0.2) is 0 Å². The van der Waals surface area contributed by atoms with Gasteiger partial charge in [0.1, 0.15) is 0 Å². The molecule has 0 amide bonds. The number of benzene rings is 1. The van der Waals surface area contributed by atoms with Crippen molar-refractivity contribution in [3.8, 4) is 0 Å². The van der Waals surface area contributed by atoms with Crippen molar-refractivity contribution in [3.63, 3.8) is 0 Å². The van der Waals surface area contributed by atoms with Crippen LogP contribution in [-0.2, 0) is 6.54 Å². The second kappa shape index (κ2) is 7.13. The van der Waals surface area contributed by atoms with Crippen molar-refractivity contribution in [1.29, 1.82) is 0 Å². The van der Waals surface area contributed by atoms with E-state index in [-0.39, 0.29) is 0 Å². The summed E-state index contributed by atoms with van der Waals surface area (Å²) in [6.07, 6.45) is 8.42. The Morgan fingerprint density at radius 2 is 1.90 bits per heavy atom. The number of thiophene rings is 1. The summed E-state index contributed by atoms with van der Waals surface area (Å²) in [7, 11) is 0. The fraction of sp³-hybridized carbons (Fsp3) is 0.556. The predicted molar refractivity (Wildman–Crippen MR) is 94.3 cm³/mol. The molecule has 1 aliphatic carbocycles. The highest BCUT2D eigenvalue weighted by Crippen LogP contribution is 2.35. The van der Waals surface area contributed by atoms with Gasteiger partial charge in [-0.1, -0.05) is 55.5 Å². The normalized spacial score (nSPS) is 18.8. The van der Waals surface area contributed by atoms with Crippen LogP contribution in [0.5, 0.6) is 0 Å². The van der Waals surface area contributed by atoms with E-state index >= 15 is 0 Å². The molecule has 1 aliphatic rings. The van der Waals surface area contributed by atoms with Gasteiger partial charge in [0.25, 0.3) is 0 Å². The summed E-state index contributed by atoms with van der Waals surface area (Å²) in [4.78, 5) is 1.28. The molecule has 1 saturated carbocycles. The summed E-state index contributed by atoms with van der Waals surface area (Å²) >= 11 is 8.35. The van der Waals surface area contributed by atoms with Crippen LogP contribution < -0.4 is 5.32 Å². The Labute approximate surface area is 136 Å². The zero-order valence-corrected chi connectivity index (χ0v) is 14.3. The summed E-state index contributed by atoms with van der Waals surface area (Å²) in [6, 6.07) is 9.01. The summed E-state index contributed by atoms with van der Waals surface area (Å²) in [6.45, 7) is 3.24. The van der Waals surface area contributed by atoms with E-state index in [4.69, 9.17) is 11.6 Å². The zero-order valence-electron chi connectivity index (χ0n) is 12.7. The number of hydrogen-bond donors (Lipinski definition) is 1. The molecule has 0 unspecified atom stereocenters. The van der Waals surface area contributed by atoms with E-state index in [0.29, 0.717) is 6.04 Å². The van der Waals surface area contributed by atoms with Crippen LogP contribution >= 0.6 is 22.9 Å².